The van der Waals surface area contributed by atoms with Crippen molar-refractivity contribution in [2.75, 3.05) is 39.4 Å². The maximum atomic E-state index is 13.1. The van der Waals surface area contributed by atoms with Crippen LogP contribution in [0.15, 0.2) is 24.4 Å². The highest BCUT2D eigenvalue weighted by atomic mass is 35.5. The van der Waals surface area contributed by atoms with Crippen LogP contribution >= 0.6 is 11.6 Å². The molecule has 0 amide bonds. The van der Waals surface area contributed by atoms with E-state index in [-0.39, 0.29) is 50.5 Å². The summed E-state index contributed by atoms with van der Waals surface area (Å²) in [6.07, 6.45) is 2.83. The van der Waals surface area contributed by atoms with Crippen LogP contribution in [-0.2, 0) is 10.2 Å². The number of hydrogen-bond donors (Lipinski definition) is 3. The molecule has 9 nitrogen and oxygen atoms in total. The van der Waals surface area contributed by atoms with Gasteiger partial charge in [-0.15, -0.1) is 0 Å². The van der Waals surface area contributed by atoms with Gasteiger partial charge in [0.05, 0.1) is 19.4 Å². The van der Waals surface area contributed by atoms with E-state index in [0.717, 1.165) is 16.1 Å². The Morgan fingerprint density at radius 1 is 1.33 bits per heavy atom. The molecule has 1 aliphatic heterocycles. The molecule has 3 N–H and O–H groups in total. The first-order valence-electron chi connectivity index (χ1n) is 9.32. The maximum Gasteiger partial charge on any atom is 0.282 e. The Morgan fingerprint density at radius 2 is 2.03 bits per heavy atom. The van der Waals surface area contributed by atoms with Gasteiger partial charge in [-0.2, -0.15) is 17.0 Å². The molecule has 2 aromatic heterocycles. The van der Waals surface area contributed by atoms with Crippen molar-refractivity contribution < 1.29 is 23.0 Å². The SMILES string of the molecule is C[C@H]1CN(S(=O)(=O)N(CCO)CCO)CC=C1c1nc(-c2ccc(F)cn2)[nH]c1Cl. The van der Waals surface area contributed by atoms with Crippen LogP contribution in [0.4, 0.5) is 4.39 Å². The Labute approximate surface area is 179 Å². The number of imidazole rings is 1. The van der Waals surface area contributed by atoms with Crippen LogP contribution in [0, 0.1) is 11.7 Å². The zero-order valence-electron chi connectivity index (χ0n) is 16.3. The van der Waals surface area contributed by atoms with Crippen molar-refractivity contribution in [1.82, 2.24) is 23.6 Å². The van der Waals surface area contributed by atoms with Crippen molar-refractivity contribution in [3.8, 4) is 11.5 Å². The van der Waals surface area contributed by atoms with Crippen LogP contribution in [-0.4, -0.2) is 81.6 Å². The number of H-pyrrole nitrogens is 1. The summed E-state index contributed by atoms with van der Waals surface area (Å²) in [5.41, 5.74) is 1.71. The second-order valence-corrected chi connectivity index (χ2v) is 9.15. The highest BCUT2D eigenvalue weighted by Crippen LogP contribution is 2.33. The van der Waals surface area contributed by atoms with Crippen LogP contribution in [0.1, 0.15) is 12.6 Å². The molecule has 0 saturated carbocycles. The van der Waals surface area contributed by atoms with Crippen LogP contribution < -0.4 is 0 Å². The van der Waals surface area contributed by atoms with Crippen LogP contribution in [0.5, 0.6) is 0 Å². The van der Waals surface area contributed by atoms with Crippen LogP contribution in [0.25, 0.3) is 17.1 Å². The molecule has 0 spiro atoms. The van der Waals surface area contributed by atoms with E-state index in [0.29, 0.717) is 17.2 Å². The van der Waals surface area contributed by atoms with E-state index in [2.05, 4.69) is 15.0 Å². The second-order valence-electron chi connectivity index (χ2n) is 6.84. The Kier molecular flexibility index (Phi) is 7.22. The molecule has 0 unspecified atom stereocenters. The van der Waals surface area contributed by atoms with Gasteiger partial charge in [0.25, 0.3) is 10.2 Å². The molecular formula is C18H23ClFN5O4S. The van der Waals surface area contributed by atoms with Gasteiger partial charge < -0.3 is 15.2 Å². The molecule has 164 valence electrons. The zero-order chi connectivity index (χ0) is 21.9. The third kappa shape index (κ3) is 4.71. The molecule has 1 atom stereocenters. The largest absolute Gasteiger partial charge is 0.395 e. The highest BCUT2D eigenvalue weighted by Gasteiger charge is 2.34. The fourth-order valence-corrected chi connectivity index (χ4v) is 5.17. The molecule has 3 rings (SSSR count). The first-order chi connectivity index (χ1) is 14.3. The van der Waals surface area contributed by atoms with Gasteiger partial charge in [-0.3, -0.25) is 0 Å². The maximum absolute atomic E-state index is 13.1. The Balaban J connectivity index is 1.84. The van der Waals surface area contributed by atoms with Crippen LogP contribution in [0.2, 0.25) is 5.15 Å². The summed E-state index contributed by atoms with van der Waals surface area (Å²) in [4.78, 5) is 11.4. The molecule has 30 heavy (non-hydrogen) atoms. The Morgan fingerprint density at radius 3 is 2.60 bits per heavy atom. The molecular weight excluding hydrogens is 437 g/mol. The zero-order valence-corrected chi connectivity index (χ0v) is 17.9. The van der Waals surface area contributed by atoms with Gasteiger partial charge in [0.15, 0.2) is 5.82 Å². The summed E-state index contributed by atoms with van der Waals surface area (Å²) in [7, 11) is -3.84. The number of hydrogen-bond acceptors (Lipinski definition) is 6. The lowest BCUT2D eigenvalue weighted by Gasteiger charge is -2.33. The van der Waals surface area contributed by atoms with E-state index in [1.165, 1.54) is 16.4 Å². The van der Waals surface area contributed by atoms with Crippen molar-refractivity contribution in [2.45, 2.75) is 6.92 Å². The van der Waals surface area contributed by atoms with E-state index in [1.807, 2.05) is 6.92 Å². The fourth-order valence-electron chi connectivity index (χ4n) is 3.31. The second kappa shape index (κ2) is 9.50. The lowest BCUT2D eigenvalue weighted by atomic mass is 9.95. The topological polar surface area (TPSA) is 123 Å². The third-order valence-electron chi connectivity index (χ3n) is 4.78. The third-order valence-corrected chi connectivity index (χ3v) is 7.02. The Bertz CT molecular complexity index is 1010. The van der Waals surface area contributed by atoms with Crippen molar-refractivity contribution in [3.05, 3.63) is 41.1 Å². The standard InChI is InChI=1S/C18H23ClFN5O4S/c1-12-11-25(30(28,29)24(6-8-26)7-9-27)5-4-14(12)16-17(19)23-18(22-16)15-3-2-13(20)10-21-15/h2-4,10,12,26-27H,5-9,11H2,1H3,(H,22,23)/t12-/m0/s1. The number of aliphatic hydroxyl groups excluding tert-OH is 2. The normalized spacial score (nSPS) is 18.1. The number of rotatable bonds is 8. The Hall–Kier alpha value is -1.89. The molecule has 0 fully saturated rings. The lowest BCUT2D eigenvalue weighted by molar-refractivity contribution is 0.208. The van der Waals surface area contributed by atoms with E-state index in [9.17, 15) is 12.8 Å². The van der Waals surface area contributed by atoms with Gasteiger partial charge >= 0.3 is 0 Å². The summed E-state index contributed by atoms with van der Waals surface area (Å²) in [6, 6.07) is 2.76. The molecule has 12 heteroatoms. The van der Waals surface area contributed by atoms with Gasteiger partial charge in [-0.25, -0.2) is 14.4 Å². The van der Waals surface area contributed by atoms with Gasteiger partial charge in [0.2, 0.25) is 0 Å². The molecule has 3 heterocycles. The summed E-state index contributed by atoms with van der Waals surface area (Å²) in [5, 5.41) is 18.6. The number of nitrogens with one attached hydrogen (secondary N) is 1. The molecule has 0 radical (unpaired) electrons. The predicted octanol–water partition coefficient (Wildman–Crippen LogP) is 1.13. The van der Waals surface area contributed by atoms with Gasteiger partial charge in [-0.05, 0) is 23.6 Å². The van der Waals surface area contributed by atoms with E-state index >= 15 is 0 Å². The van der Waals surface area contributed by atoms with E-state index in [1.54, 1.807) is 6.08 Å². The van der Waals surface area contributed by atoms with Crippen LogP contribution in [0.3, 0.4) is 0 Å². The summed E-state index contributed by atoms with van der Waals surface area (Å²) in [5.74, 6) is -0.290. The van der Waals surface area contributed by atoms with Crippen molar-refractivity contribution >= 4 is 27.4 Å². The molecule has 1 aliphatic rings. The monoisotopic (exact) mass is 459 g/mol. The van der Waals surface area contributed by atoms with Gasteiger partial charge in [-0.1, -0.05) is 24.6 Å². The minimum atomic E-state index is -3.84. The van der Waals surface area contributed by atoms with Gasteiger partial charge in [0, 0.05) is 26.2 Å². The quantitative estimate of drug-likeness (QED) is 0.544. The van der Waals surface area contributed by atoms with Crippen molar-refractivity contribution in [2.24, 2.45) is 5.92 Å². The number of aromatic amines is 1. The summed E-state index contributed by atoms with van der Waals surface area (Å²) >= 11 is 6.33. The fraction of sp³-hybridized carbons (Fsp3) is 0.444. The van der Waals surface area contributed by atoms with E-state index < -0.39 is 16.0 Å². The molecule has 2 aromatic rings. The van der Waals surface area contributed by atoms with Crippen molar-refractivity contribution in [1.29, 1.82) is 0 Å². The smallest absolute Gasteiger partial charge is 0.282 e. The number of halogens is 2. The number of aromatic nitrogens is 3. The average Bonchev–Trinajstić information content (AvgIpc) is 3.09. The van der Waals surface area contributed by atoms with Crippen molar-refractivity contribution in [3.63, 3.8) is 0 Å². The lowest BCUT2D eigenvalue weighted by Crippen LogP contribution is -2.48. The molecule has 0 aliphatic carbocycles. The number of aliphatic hydroxyl groups is 2. The summed E-state index contributed by atoms with van der Waals surface area (Å²) in [6.45, 7) is 1.28. The molecule has 0 saturated heterocycles. The minimum Gasteiger partial charge on any atom is -0.395 e. The molecule has 0 aromatic carbocycles. The van der Waals surface area contributed by atoms with E-state index in [4.69, 9.17) is 21.8 Å². The highest BCUT2D eigenvalue weighted by molar-refractivity contribution is 7.86. The average molecular weight is 460 g/mol. The predicted molar refractivity (Wildman–Crippen MR) is 110 cm³/mol. The summed E-state index contributed by atoms with van der Waals surface area (Å²) < 4.78 is 41.1. The first kappa shape index (κ1) is 22.8. The minimum absolute atomic E-state index is 0.0937. The molecule has 0 bridgehead atoms. The first-order valence-corrected chi connectivity index (χ1v) is 11.1. The number of pyridine rings is 1. The number of nitrogens with zero attached hydrogens (tertiary/aromatic N) is 4. The van der Waals surface area contributed by atoms with Gasteiger partial charge in [0.1, 0.15) is 22.4 Å².